The first-order valence-electron chi connectivity index (χ1n) is 19.1. The van der Waals surface area contributed by atoms with Gasteiger partial charge in [-0.05, 0) is 11.4 Å². The van der Waals surface area contributed by atoms with Crippen LogP contribution in [0.1, 0.15) is 79.2 Å². The Hall–Kier alpha value is -2.25. The number of aromatic carboxylic acids is 2. The van der Waals surface area contributed by atoms with Gasteiger partial charge in [-0.25, -0.2) is 14.8 Å². The normalized spacial score (nSPS) is 10.4. The number of nitrogen functional groups attached to an aromatic ring is 2. The molecule has 7 rings (SSSR count). The van der Waals surface area contributed by atoms with E-state index in [9.17, 15) is 30.2 Å². The number of carbonyl (C=O) groups excluding carboxylic acids is 6. The summed E-state index contributed by atoms with van der Waals surface area (Å²) in [5.74, 6) is -4.11. The molecule has 7 aromatic rings. The fourth-order valence-corrected chi connectivity index (χ4v) is 5.88. The van der Waals surface area contributed by atoms with Gasteiger partial charge >= 0.3 is 269 Å². The van der Waals surface area contributed by atoms with Gasteiger partial charge in [-0.15, -0.1) is 43.7 Å². The maximum atomic E-state index is 13.2. The maximum Gasteiger partial charge on any atom is 1.00 e. The quantitative estimate of drug-likeness (QED) is 0.0729. The molecular weight excluding hydrogens is 1100 g/mol. The first kappa shape index (κ1) is 71.8. The van der Waals surface area contributed by atoms with Crippen LogP contribution in [0.3, 0.4) is 0 Å². The zero-order chi connectivity index (χ0) is 51.0. The van der Waals surface area contributed by atoms with Gasteiger partial charge in [0.25, 0.3) is 17.6 Å². The van der Waals surface area contributed by atoms with Gasteiger partial charge in [0.1, 0.15) is 11.6 Å². The van der Waals surface area contributed by atoms with Crippen molar-refractivity contribution in [1.29, 1.82) is 5.26 Å². The summed E-state index contributed by atoms with van der Waals surface area (Å²) in [5.41, 5.74) is 12.3. The van der Waals surface area contributed by atoms with Crippen molar-refractivity contribution in [3.05, 3.63) is 100 Å². The van der Waals surface area contributed by atoms with E-state index in [1.54, 1.807) is 0 Å². The molecule has 0 amide bonds. The van der Waals surface area contributed by atoms with Crippen LogP contribution in [-0.2, 0) is 30.0 Å². The molecule has 0 saturated heterocycles. The second kappa shape index (κ2) is 32.0. The van der Waals surface area contributed by atoms with Crippen molar-refractivity contribution in [3.63, 3.8) is 0 Å². The number of carboxylic acids is 2. The van der Waals surface area contributed by atoms with Gasteiger partial charge in [0.2, 0.25) is 0 Å². The van der Waals surface area contributed by atoms with Gasteiger partial charge < -0.3 is 36.4 Å². The fourth-order valence-electron chi connectivity index (χ4n) is 5.88. The second-order valence-corrected chi connectivity index (χ2v) is 15.6. The molecule has 0 aliphatic rings. The summed E-state index contributed by atoms with van der Waals surface area (Å²) in [5, 5.41) is 81.0. The van der Waals surface area contributed by atoms with Crippen LogP contribution >= 0.6 is 0 Å². The summed E-state index contributed by atoms with van der Waals surface area (Å²) < 4.78 is 4.48. The van der Waals surface area contributed by atoms with E-state index in [0.29, 0.717) is 0 Å². The summed E-state index contributed by atoms with van der Waals surface area (Å²) in [7, 11) is 0. The Bertz CT molecular complexity index is 3150. The summed E-state index contributed by atoms with van der Waals surface area (Å²) in [6, 6.07) is 14.2. The Morgan fingerprint density at radius 3 is 1.43 bits per heavy atom. The number of nitrogens with two attached hydrogens (primary N) is 2. The van der Waals surface area contributed by atoms with Crippen molar-refractivity contribution < 1.29 is 301 Å². The average Bonchev–Trinajstić information content (AvgIpc) is 4.07. The Balaban J connectivity index is 0.00000462. The van der Waals surface area contributed by atoms with Crippen LogP contribution in [0.2, 0.25) is 0 Å². The van der Waals surface area contributed by atoms with E-state index in [0.717, 1.165) is 9.36 Å². The van der Waals surface area contributed by atoms with Crippen LogP contribution in [0.5, 0.6) is 6.01 Å². The molecule has 0 bridgehead atoms. The predicted molar refractivity (Wildman–Crippen MR) is 223 cm³/mol. The van der Waals surface area contributed by atoms with Crippen LogP contribution in [0.15, 0.2) is 69.2 Å². The Kier molecular flexibility index (Phi) is 31.0. The number of benzene rings is 2. The average molecular weight is 1130 g/mol. The number of nitrogens with zero attached hydrogens (tertiary/aromatic N) is 17. The first-order valence-corrected chi connectivity index (χ1v) is 19.1. The first-order chi connectivity index (χ1) is 32.6. The van der Waals surface area contributed by atoms with Gasteiger partial charge in [-0.1, -0.05) is 41.5 Å². The van der Waals surface area contributed by atoms with Crippen molar-refractivity contribution >= 4 is 64.6 Å². The van der Waals surface area contributed by atoms with Crippen molar-refractivity contribution in [1.82, 2.24) is 54.1 Å². The molecule has 0 aliphatic heterocycles. The summed E-state index contributed by atoms with van der Waals surface area (Å²) in [6.45, 7) is 18.6. The number of nitriles is 1. The van der Waals surface area contributed by atoms with Crippen LogP contribution in [-0.4, -0.2) is 78.3 Å². The van der Waals surface area contributed by atoms with E-state index in [1.165, 1.54) is 58.2 Å². The Labute approximate surface area is 632 Å². The molecule has 5 aromatic heterocycles. The standard InChI is InChI=1S/C39H33N19O5.2CO2.5K/c1-38(2,3)27-25(49-51-31-21(16-40)17-44-55(31)22-12-8-10-19(14-22)33(59)60)29(41)57(53-27)35-46-36(48-37(63)47-35)58-30(42)26(28(54-58)39(4,5)6)50-52-32-24(43-7)18-45-56(32)23-13-9-11-20(15-23)34(61)62;2*2-1-3;;;;;/h10-15,17-18H,41-42H2,1-6H3,(H,59,60)(H,61,62)(H,46,47,48,63);;;;;;;/q-2;;;5*+1/p-3. The minimum Gasteiger partial charge on any atom is -0.844 e. The third-order valence-electron chi connectivity index (χ3n) is 8.89. The SMILES string of the molecule is O=C=O.O=C=O.[C-]#[N+]c1cnn(-c2c[c-]cc(C(=O)[O-])c2)c1N=Nc1c(C(C)(C)C)nn(-c2nc([O-])nc(-n3nc(C(C)(C)C)c(N=Nc4c(C#N)cnn4-c4c[c-]cc(C(=O)[O-])c4)c3N)n2)c1N.[K+].[K+].[K+].[K+].[K+]. The van der Waals surface area contributed by atoms with Crippen LogP contribution in [0.4, 0.5) is 40.3 Å². The smallest absolute Gasteiger partial charge is 0.844 e. The molecule has 0 spiro atoms. The summed E-state index contributed by atoms with van der Waals surface area (Å²) >= 11 is 0. The fraction of sp³-hybridized carbons (Fsp3) is 0.195. The van der Waals surface area contributed by atoms with Gasteiger partial charge in [0, 0.05) is 22.8 Å². The van der Waals surface area contributed by atoms with Crippen LogP contribution < -0.4 is 284 Å². The van der Waals surface area contributed by atoms with E-state index in [4.69, 9.17) is 37.2 Å². The van der Waals surface area contributed by atoms with Gasteiger partial charge in [-0.2, -0.15) is 95.6 Å². The number of hydrogen-bond acceptors (Lipinski definition) is 23. The predicted octanol–water partition coefficient (Wildman–Crippen LogP) is -13.1. The van der Waals surface area contributed by atoms with Gasteiger partial charge in [0.05, 0.1) is 36.4 Å². The molecule has 0 unspecified atom stereocenters. The molecule has 5 heterocycles. The summed E-state index contributed by atoms with van der Waals surface area (Å²) in [4.78, 5) is 71.4. The van der Waals surface area contributed by atoms with Crippen molar-refractivity contribution in [2.45, 2.75) is 52.4 Å². The van der Waals surface area contributed by atoms with E-state index >= 15 is 0 Å². The number of aromatic nitrogens is 11. The van der Waals surface area contributed by atoms with Gasteiger partial charge in [0.15, 0.2) is 34.6 Å². The molecule has 0 saturated carbocycles. The monoisotopic (exact) mass is 1130 g/mol. The number of azo groups is 2. The van der Waals surface area contributed by atoms with Gasteiger partial charge in [-0.3, -0.25) is 9.36 Å². The Morgan fingerprint density at radius 1 is 0.662 bits per heavy atom. The zero-order valence-electron chi connectivity index (χ0n) is 41.6. The second-order valence-electron chi connectivity index (χ2n) is 15.6. The topological polar surface area (TPSA) is 411 Å². The molecule has 4 N–H and O–H groups in total. The molecule has 0 atom stereocenters. The minimum absolute atomic E-state index is 0. The molecule has 33 heteroatoms. The molecule has 348 valence electrons. The van der Waals surface area contributed by atoms with Crippen LogP contribution in [0.25, 0.3) is 28.1 Å². The number of hydrogen-bond donors (Lipinski definition) is 2. The van der Waals surface area contributed by atoms with E-state index in [2.05, 4.69) is 72.8 Å². The number of carboxylic acid groups (broad SMARTS) is 2. The van der Waals surface area contributed by atoms with Crippen molar-refractivity contribution in [3.8, 4) is 35.4 Å². The number of carbonyl (C=O) groups is 2. The Morgan fingerprint density at radius 2 is 1.05 bits per heavy atom. The van der Waals surface area contributed by atoms with Crippen LogP contribution in [0, 0.1) is 30.0 Å². The minimum atomic E-state index is -1.45. The molecular formula is C41H30K5N19O9. The maximum absolute atomic E-state index is 13.2. The number of rotatable bonds is 10. The largest absolute Gasteiger partial charge is 1.00 e. The van der Waals surface area contributed by atoms with E-state index < -0.39 is 28.8 Å². The van der Waals surface area contributed by atoms with Crippen molar-refractivity contribution in [2.75, 3.05) is 11.5 Å². The van der Waals surface area contributed by atoms with E-state index in [-0.39, 0.29) is 361 Å². The molecule has 0 aliphatic carbocycles. The zero-order valence-corrected chi connectivity index (χ0v) is 57.2. The van der Waals surface area contributed by atoms with E-state index in [1.807, 2.05) is 47.6 Å². The van der Waals surface area contributed by atoms with Crippen molar-refractivity contribution in [2.24, 2.45) is 20.5 Å². The summed E-state index contributed by atoms with van der Waals surface area (Å²) in [6.07, 6.45) is 2.95. The third-order valence-corrected chi connectivity index (χ3v) is 8.89. The molecule has 0 radical (unpaired) electrons. The molecule has 2 aromatic carbocycles. The third kappa shape index (κ3) is 17.4. The molecule has 0 fully saturated rings. The number of anilines is 2. The molecule has 74 heavy (non-hydrogen) atoms. The molecule has 28 nitrogen and oxygen atoms in total.